The molecule has 0 saturated carbocycles. The number of amides is 1. The smallest absolute Gasteiger partial charge is 0.337 e. The topological polar surface area (TPSA) is 67.9 Å². The van der Waals surface area contributed by atoms with Crippen molar-refractivity contribution in [3.05, 3.63) is 29.8 Å². The second kappa shape index (κ2) is 7.38. The minimum atomic E-state index is -0.424. The number of carbonyl (C=O) groups excluding carboxylic acids is 2. The lowest BCUT2D eigenvalue weighted by Gasteiger charge is -2.34. The molecule has 6 heteroatoms. The van der Waals surface area contributed by atoms with Crippen molar-refractivity contribution >= 4 is 17.6 Å². The maximum absolute atomic E-state index is 12.1. The van der Waals surface area contributed by atoms with Gasteiger partial charge in [0.15, 0.2) is 0 Å². The standard InChI is InChI=1S/C16H22N2O4/c1-11-8-18(9-12(2)22-11)10-15(19)17-14-6-4-5-13(7-14)16(20)21-3/h4-7,11-12H,8-10H2,1-3H3,(H,17,19). The Kier molecular flexibility index (Phi) is 5.51. The Bertz CT molecular complexity index is 537. The first kappa shape index (κ1) is 16.5. The molecule has 1 heterocycles. The van der Waals surface area contributed by atoms with Crippen molar-refractivity contribution < 1.29 is 19.1 Å². The number of rotatable bonds is 4. The van der Waals surface area contributed by atoms with Crippen LogP contribution in [0.15, 0.2) is 24.3 Å². The zero-order chi connectivity index (χ0) is 16.1. The van der Waals surface area contributed by atoms with Crippen molar-refractivity contribution in [1.82, 2.24) is 4.90 Å². The Hall–Kier alpha value is -1.92. The van der Waals surface area contributed by atoms with E-state index in [1.807, 2.05) is 13.8 Å². The van der Waals surface area contributed by atoms with E-state index in [1.165, 1.54) is 7.11 Å². The van der Waals surface area contributed by atoms with E-state index in [1.54, 1.807) is 24.3 Å². The molecule has 1 amide bonds. The summed E-state index contributed by atoms with van der Waals surface area (Å²) < 4.78 is 10.3. The predicted molar refractivity (Wildman–Crippen MR) is 82.9 cm³/mol. The Balaban J connectivity index is 1.93. The first-order chi connectivity index (χ1) is 10.5. The molecular formula is C16H22N2O4. The predicted octanol–water partition coefficient (Wildman–Crippen LogP) is 1.52. The molecule has 0 radical (unpaired) electrons. The third-order valence-electron chi connectivity index (χ3n) is 3.43. The van der Waals surface area contributed by atoms with Crippen molar-refractivity contribution in [2.45, 2.75) is 26.1 Å². The summed E-state index contributed by atoms with van der Waals surface area (Å²) in [5, 5.41) is 2.81. The number of esters is 1. The van der Waals surface area contributed by atoms with E-state index in [4.69, 9.17) is 4.74 Å². The summed E-state index contributed by atoms with van der Waals surface area (Å²) in [5.74, 6) is -0.532. The Morgan fingerprint density at radius 3 is 2.64 bits per heavy atom. The summed E-state index contributed by atoms with van der Waals surface area (Å²) in [4.78, 5) is 25.7. The minimum Gasteiger partial charge on any atom is -0.465 e. The molecule has 22 heavy (non-hydrogen) atoms. The van der Waals surface area contributed by atoms with Gasteiger partial charge in [0.2, 0.25) is 5.91 Å². The zero-order valence-electron chi connectivity index (χ0n) is 13.2. The molecule has 0 aromatic heterocycles. The second-order valence-corrected chi connectivity index (χ2v) is 5.57. The normalized spacial score (nSPS) is 22.1. The first-order valence-electron chi connectivity index (χ1n) is 7.34. The van der Waals surface area contributed by atoms with E-state index in [0.29, 0.717) is 17.8 Å². The van der Waals surface area contributed by atoms with Crippen LogP contribution in [-0.4, -0.2) is 55.7 Å². The fourth-order valence-corrected chi connectivity index (χ4v) is 2.66. The fraction of sp³-hybridized carbons (Fsp3) is 0.500. The van der Waals surface area contributed by atoms with Gasteiger partial charge in [-0.05, 0) is 32.0 Å². The monoisotopic (exact) mass is 306 g/mol. The van der Waals surface area contributed by atoms with Gasteiger partial charge in [0.05, 0.1) is 31.4 Å². The molecule has 1 fully saturated rings. The number of benzene rings is 1. The maximum Gasteiger partial charge on any atom is 0.337 e. The van der Waals surface area contributed by atoms with Crippen LogP contribution in [0.5, 0.6) is 0 Å². The lowest BCUT2D eigenvalue weighted by atomic mass is 10.2. The molecule has 1 aliphatic heterocycles. The van der Waals surface area contributed by atoms with Crippen molar-refractivity contribution in [3.8, 4) is 0 Å². The van der Waals surface area contributed by atoms with Crippen LogP contribution in [0.25, 0.3) is 0 Å². The van der Waals surface area contributed by atoms with Crippen molar-refractivity contribution in [2.75, 3.05) is 32.1 Å². The number of carbonyl (C=O) groups is 2. The van der Waals surface area contributed by atoms with Gasteiger partial charge in [-0.25, -0.2) is 4.79 Å². The summed E-state index contributed by atoms with van der Waals surface area (Å²) >= 11 is 0. The van der Waals surface area contributed by atoms with Crippen LogP contribution < -0.4 is 5.32 Å². The zero-order valence-corrected chi connectivity index (χ0v) is 13.2. The Labute approximate surface area is 130 Å². The fourth-order valence-electron chi connectivity index (χ4n) is 2.66. The van der Waals surface area contributed by atoms with Crippen LogP contribution in [0.2, 0.25) is 0 Å². The first-order valence-corrected chi connectivity index (χ1v) is 7.34. The molecule has 1 aromatic carbocycles. The number of nitrogens with zero attached hydrogens (tertiary/aromatic N) is 1. The molecule has 1 aromatic rings. The van der Waals surface area contributed by atoms with Crippen molar-refractivity contribution in [3.63, 3.8) is 0 Å². The number of hydrogen-bond acceptors (Lipinski definition) is 5. The summed E-state index contributed by atoms with van der Waals surface area (Å²) in [6.45, 7) is 5.78. The van der Waals surface area contributed by atoms with Crippen molar-refractivity contribution in [1.29, 1.82) is 0 Å². The van der Waals surface area contributed by atoms with Crippen LogP contribution >= 0.6 is 0 Å². The lowest BCUT2D eigenvalue weighted by molar-refractivity contribution is -0.121. The van der Waals surface area contributed by atoms with E-state index in [9.17, 15) is 9.59 Å². The molecule has 120 valence electrons. The third-order valence-corrected chi connectivity index (χ3v) is 3.43. The molecule has 2 unspecified atom stereocenters. The molecule has 0 aliphatic carbocycles. The number of anilines is 1. The summed E-state index contributed by atoms with van der Waals surface area (Å²) in [7, 11) is 1.33. The number of ether oxygens (including phenoxy) is 2. The van der Waals surface area contributed by atoms with Crippen LogP contribution in [0.4, 0.5) is 5.69 Å². The SMILES string of the molecule is COC(=O)c1cccc(NC(=O)CN2CC(C)OC(C)C2)c1. The summed E-state index contributed by atoms with van der Waals surface area (Å²) in [6, 6.07) is 6.71. The van der Waals surface area contributed by atoms with Gasteiger partial charge in [0, 0.05) is 18.8 Å². The van der Waals surface area contributed by atoms with Crippen molar-refractivity contribution in [2.24, 2.45) is 0 Å². The van der Waals surface area contributed by atoms with Gasteiger partial charge >= 0.3 is 5.97 Å². The van der Waals surface area contributed by atoms with E-state index in [0.717, 1.165) is 13.1 Å². The van der Waals surface area contributed by atoms with Gasteiger partial charge in [-0.1, -0.05) is 6.07 Å². The second-order valence-electron chi connectivity index (χ2n) is 5.57. The molecule has 2 rings (SSSR count). The number of methoxy groups -OCH3 is 1. The highest BCUT2D eigenvalue weighted by atomic mass is 16.5. The summed E-state index contributed by atoms with van der Waals surface area (Å²) in [5.41, 5.74) is 0.996. The average Bonchev–Trinajstić information content (AvgIpc) is 2.45. The van der Waals surface area contributed by atoms with Gasteiger partial charge in [-0.15, -0.1) is 0 Å². The van der Waals surface area contributed by atoms with Gasteiger partial charge in [-0.3, -0.25) is 9.69 Å². The molecule has 0 bridgehead atoms. The lowest BCUT2D eigenvalue weighted by Crippen LogP contribution is -2.48. The highest BCUT2D eigenvalue weighted by molar-refractivity contribution is 5.95. The molecular weight excluding hydrogens is 284 g/mol. The van der Waals surface area contributed by atoms with E-state index < -0.39 is 5.97 Å². The van der Waals surface area contributed by atoms with Gasteiger partial charge in [0.25, 0.3) is 0 Å². The number of nitrogens with one attached hydrogen (secondary N) is 1. The quantitative estimate of drug-likeness (QED) is 0.854. The number of morpholine rings is 1. The molecule has 1 N–H and O–H groups in total. The summed E-state index contributed by atoms with van der Waals surface area (Å²) in [6.07, 6.45) is 0.249. The van der Waals surface area contributed by atoms with Gasteiger partial charge in [0.1, 0.15) is 0 Å². The largest absolute Gasteiger partial charge is 0.465 e. The molecule has 6 nitrogen and oxygen atoms in total. The third kappa shape index (κ3) is 4.54. The maximum atomic E-state index is 12.1. The molecule has 2 atom stereocenters. The molecule has 1 aliphatic rings. The highest BCUT2D eigenvalue weighted by Crippen LogP contribution is 2.13. The van der Waals surface area contributed by atoms with Gasteiger partial charge < -0.3 is 14.8 Å². The molecule has 1 saturated heterocycles. The Morgan fingerprint density at radius 1 is 1.32 bits per heavy atom. The highest BCUT2D eigenvalue weighted by Gasteiger charge is 2.23. The van der Waals surface area contributed by atoms with Crippen LogP contribution in [0.3, 0.4) is 0 Å². The average molecular weight is 306 g/mol. The Morgan fingerprint density at radius 2 is 2.00 bits per heavy atom. The van der Waals surface area contributed by atoms with Crippen LogP contribution in [-0.2, 0) is 14.3 Å². The van der Waals surface area contributed by atoms with Crippen LogP contribution in [0.1, 0.15) is 24.2 Å². The van der Waals surface area contributed by atoms with E-state index in [-0.39, 0.29) is 18.1 Å². The van der Waals surface area contributed by atoms with E-state index >= 15 is 0 Å². The number of hydrogen-bond donors (Lipinski definition) is 1. The van der Waals surface area contributed by atoms with E-state index in [2.05, 4.69) is 15.0 Å². The molecule has 0 spiro atoms. The van der Waals surface area contributed by atoms with Crippen LogP contribution in [0, 0.1) is 0 Å². The van der Waals surface area contributed by atoms with Gasteiger partial charge in [-0.2, -0.15) is 0 Å². The minimum absolute atomic E-state index is 0.108.